The number of carboxylic acids is 1. The van der Waals surface area contributed by atoms with Crippen molar-refractivity contribution in [3.8, 4) is 11.8 Å². The summed E-state index contributed by atoms with van der Waals surface area (Å²) in [4.78, 5) is 70.2. The molecular weight excluding hydrogens is 972 g/mol. The molecule has 0 aliphatic carbocycles. The molecule has 0 radical (unpaired) electrons. The number of fused-ring (bicyclic) bond motifs is 1. The number of amides is 2. The molecule has 1 aliphatic rings. The van der Waals surface area contributed by atoms with Gasteiger partial charge in [-0.25, -0.2) is 37.0 Å². The van der Waals surface area contributed by atoms with Gasteiger partial charge in [0.15, 0.2) is 22.2 Å². The highest BCUT2D eigenvalue weighted by Gasteiger charge is 2.29. The minimum absolute atomic E-state index is 0.0412. The molecule has 2 unspecified atom stereocenters. The second-order valence-corrected chi connectivity index (χ2v) is 21.6. The van der Waals surface area contributed by atoms with Crippen molar-refractivity contribution >= 4 is 91.5 Å². The van der Waals surface area contributed by atoms with Gasteiger partial charge in [0.2, 0.25) is 22.5 Å². The molecule has 2 atom stereocenters. The number of pyridine rings is 1. The van der Waals surface area contributed by atoms with Crippen LogP contribution in [0.2, 0.25) is 5.02 Å². The van der Waals surface area contributed by atoms with Crippen LogP contribution in [0.5, 0.6) is 11.8 Å². The molecule has 0 saturated carbocycles. The number of nitrogens with one attached hydrogen (secondary N) is 2. The molecule has 1 aliphatic heterocycles. The number of ether oxygens (including phenoxy) is 3. The second kappa shape index (κ2) is 23.8. The molecule has 0 fully saturated rings. The number of rotatable bonds is 15. The number of nitrogens with zero attached hydrogens (tertiary/aromatic N) is 6. The number of sulfonamides is 1. The minimum atomic E-state index is -4.61. The maximum atomic E-state index is 14.3. The van der Waals surface area contributed by atoms with Crippen LogP contribution in [0.15, 0.2) is 61.1 Å². The molecule has 352 valence electrons. The van der Waals surface area contributed by atoms with Gasteiger partial charge in [0.05, 0.1) is 43.9 Å². The molecule has 0 spiro atoms. The van der Waals surface area contributed by atoms with Crippen molar-refractivity contribution in [1.82, 2.24) is 29.0 Å². The van der Waals surface area contributed by atoms with Gasteiger partial charge < -0.3 is 29.9 Å². The van der Waals surface area contributed by atoms with Gasteiger partial charge >= 0.3 is 22.8 Å². The Balaban J connectivity index is 0.000000278. The van der Waals surface area contributed by atoms with E-state index in [1.165, 1.54) is 53.1 Å². The molecule has 0 bridgehead atoms. The van der Waals surface area contributed by atoms with Gasteiger partial charge in [0, 0.05) is 37.0 Å². The van der Waals surface area contributed by atoms with E-state index in [0.717, 1.165) is 54.3 Å². The largest absolute Gasteiger partial charge is 0.481 e. The smallest absolute Gasteiger partial charge is 0.335 e. The van der Waals surface area contributed by atoms with Gasteiger partial charge in [-0.2, -0.15) is 18.4 Å². The van der Waals surface area contributed by atoms with E-state index in [-0.39, 0.29) is 57.4 Å². The van der Waals surface area contributed by atoms with Gasteiger partial charge in [-0.05, 0) is 54.9 Å². The van der Waals surface area contributed by atoms with Crippen molar-refractivity contribution in [2.75, 3.05) is 51.0 Å². The molecule has 30 heteroatoms. The average molecular weight is 1020 g/mol. The SMILES string of the molecule is CCS(=O)(=O)c1cccnc1S(=O)(=O)NC(=O)Nc1nc(OC)cc(OC)n1.COC(=O)CSc1cc(/N=c2\sc(=O)n3n2CCCC3)c(F)cc1Cl.CP(=O)(O)CCC(N)C(=O)O. The summed E-state index contributed by atoms with van der Waals surface area (Å²) in [5.74, 6) is -2.58. The summed E-state index contributed by atoms with van der Waals surface area (Å²) in [5.41, 5.74) is 5.17. The molecule has 6 N–H and O–H groups in total. The van der Waals surface area contributed by atoms with Crippen molar-refractivity contribution in [2.45, 2.75) is 60.1 Å². The minimum Gasteiger partial charge on any atom is -0.481 e. The Hall–Kier alpha value is -4.96. The number of carbonyl (C=O) groups excluding carboxylic acids is 2. The highest BCUT2D eigenvalue weighted by atomic mass is 35.5. The van der Waals surface area contributed by atoms with Gasteiger partial charge in [0.1, 0.15) is 22.4 Å². The van der Waals surface area contributed by atoms with E-state index >= 15 is 0 Å². The van der Waals surface area contributed by atoms with Crippen LogP contribution in [0.1, 0.15) is 26.2 Å². The summed E-state index contributed by atoms with van der Waals surface area (Å²) in [5, 5.41) is 9.79. The second-order valence-electron chi connectivity index (χ2n) is 12.9. The van der Waals surface area contributed by atoms with E-state index in [0.29, 0.717) is 22.8 Å². The zero-order valence-electron chi connectivity index (χ0n) is 34.6. The lowest BCUT2D eigenvalue weighted by atomic mass is 10.2. The molecule has 5 rings (SSSR count). The number of esters is 1. The van der Waals surface area contributed by atoms with Crippen LogP contribution in [-0.4, -0.2) is 121 Å². The molecule has 4 heterocycles. The van der Waals surface area contributed by atoms with Crippen molar-refractivity contribution in [1.29, 1.82) is 0 Å². The highest BCUT2D eigenvalue weighted by molar-refractivity contribution is 8.00. The fourth-order valence-corrected chi connectivity index (χ4v) is 10.2. The van der Waals surface area contributed by atoms with Crippen LogP contribution in [0.25, 0.3) is 0 Å². The number of aromatic nitrogens is 5. The zero-order valence-corrected chi connectivity index (χ0v) is 39.5. The van der Waals surface area contributed by atoms with Gasteiger partial charge in [0.25, 0.3) is 10.0 Å². The van der Waals surface area contributed by atoms with Crippen molar-refractivity contribution in [2.24, 2.45) is 10.7 Å². The van der Waals surface area contributed by atoms with Crippen LogP contribution < -0.4 is 34.9 Å². The monoisotopic (exact) mass is 1020 g/mol. The molecule has 2 amide bonds. The van der Waals surface area contributed by atoms with Gasteiger partial charge in [-0.3, -0.25) is 28.9 Å². The molecule has 1 aromatic carbocycles. The van der Waals surface area contributed by atoms with Crippen LogP contribution in [0.4, 0.5) is 20.8 Å². The molecule has 0 saturated heterocycles. The lowest BCUT2D eigenvalue weighted by Crippen LogP contribution is -2.36. The Labute approximate surface area is 378 Å². The third kappa shape index (κ3) is 15.9. The Morgan fingerprint density at radius 3 is 2.28 bits per heavy atom. The fourth-order valence-electron chi connectivity index (χ4n) is 4.87. The molecular formula is C34H44ClFN9O14PS4. The van der Waals surface area contributed by atoms with Crippen molar-refractivity contribution < 1.29 is 64.4 Å². The summed E-state index contributed by atoms with van der Waals surface area (Å²) in [6.45, 7) is 3.86. The Bertz CT molecular complexity index is 2710. The Morgan fingerprint density at radius 2 is 1.72 bits per heavy atom. The number of hydrogen-bond acceptors (Lipinski definition) is 19. The van der Waals surface area contributed by atoms with E-state index in [2.05, 4.69) is 30.0 Å². The molecule has 3 aromatic heterocycles. The molecule has 23 nitrogen and oxygen atoms in total. The van der Waals surface area contributed by atoms with Crippen LogP contribution >= 0.6 is 42.1 Å². The number of carbonyl (C=O) groups is 3. The first-order valence-corrected chi connectivity index (χ1v) is 25.9. The third-order valence-electron chi connectivity index (χ3n) is 8.11. The first-order chi connectivity index (χ1) is 29.9. The quantitative estimate of drug-likeness (QED) is 0.0649. The van der Waals surface area contributed by atoms with E-state index in [4.69, 9.17) is 36.8 Å². The molecule has 64 heavy (non-hydrogen) atoms. The number of hydrogen-bond donors (Lipinski definition) is 5. The van der Waals surface area contributed by atoms with E-state index in [9.17, 15) is 45.0 Å². The maximum Gasteiger partial charge on any atom is 0.335 e. The number of thioether (sulfide) groups is 1. The van der Waals surface area contributed by atoms with E-state index < -0.39 is 67.0 Å². The summed E-state index contributed by atoms with van der Waals surface area (Å²) in [6, 6.07) is 4.09. The highest BCUT2D eigenvalue weighted by Crippen LogP contribution is 2.36. The topological polar surface area (TPSA) is 333 Å². The number of urea groups is 1. The number of nitrogens with two attached hydrogens (primary N) is 1. The first-order valence-electron chi connectivity index (χ1n) is 18.3. The number of aliphatic carboxylic acids is 1. The lowest BCUT2D eigenvalue weighted by Gasteiger charge is -2.15. The Kier molecular flexibility index (Phi) is 19.9. The van der Waals surface area contributed by atoms with Crippen LogP contribution in [0.3, 0.4) is 0 Å². The third-order valence-corrected chi connectivity index (χ3v) is 14.7. The normalized spacial score (nSPS) is 13.9. The number of carboxylic acid groups (broad SMARTS) is 1. The number of halogens is 2. The number of anilines is 1. The fraction of sp³-hybridized carbons (Fsp3) is 0.412. The maximum absolute atomic E-state index is 14.3. The van der Waals surface area contributed by atoms with Gasteiger partial charge in [-0.15, -0.1) is 11.8 Å². The van der Waals surface area contributed by atoms with Crippen LogP contribution in [0, 0.1) is 5.82 Å². The zero-order chi connectivity index (χ0) is 48.0. The van der Waals surface area contributed by atoms with E-state index in [1.54, 1.807) is 14.1 Å². The first kappa shape index (κ1) is 53.4. The summed E-state index contributed by atoms with van der Waals surface area (Å²) in [7, 11) is -7.65. The number of sulfone groups is 1. The molecule has 4 aromatic rings. The van der Waals surface area contributed by atoms with Crippen LogP contribution in [-0.2, 0) is 51.8 Å². The van der Waals surface area contributed by atoms with Crippen molar-refractivity contribution in [3.63, 3.8) is 0 Å². The number of methoxy groups -OCH3 is 3. The van der Waals surface area contributed by atoms with Crippen molar-refractivity contribution in [3.05, 3.63) is 61.8 Å². The lowest BCUT2D eigenvalue weighted by molar-refractivity contribution is -0.139. The van der Waals surface area contributed by atoms with Gasteiger partial charge in [-0.1, -0.05) is 18.5 Å². The predicted octanol–water partition coefficient (Wildman–Crippen LogP) is 2.68. The number of benzene rings is 1. The van der Waals surface area contributed by atoms with E-state index in [1.807, 2.05) is 0 Å². The standard InChI is InChI=1S/C15H15ClFN3O3S2.C14H17N5O7S2.C5H12NO4P/c1-23-13(21)8-24-12-7-11(10(17)6-9(12)16)18-14-19-4-2-3-5-20(19)15(22)25-14;1-4-27(21,22)9-6-5-7-15-12(9)28(23,24)19-14(20)18-13-16-10(25-2)8-11(17-13)26-3;1-11(9,10)3-2-4(6)5(7)8/h6-7H,2-5,8H2,1H3;5-8H,4H2,1-3H3,(H2,16,17,18,19,20);4H,2-3,6H2,1H3,(H,7,8)(H,9,10)/b18-14-;;. The predicted molar refractivity (Wildman–Crippen MR) is 232 cm³/mol. The summed E-state index contributed by atoms with van der Waals surface area (Å²) < 4.78 is 93.6. The Morgan fingerprint density at radius 1 is 1.09 bits per heavy atom. The average Bonchev–Trinajstić information content (AvgIpc) is 3.56. The summed E-state index contributed by atoms with van der Waals surface area (Å²) in [6.07, 6.45) is 2.99. The summed E-state index contributed by atoms with van der Waals surface area (Å²) >= 11 is 8.17.